The number of carbonyl (C=O) groups is 1. The summed E-state index contributed by atoms with van der Waals surface area (Å²) in [6.07, 6.45) is 91.5. The zero-order chi connectivity index (χ0) is 52.7. The first-order valence-corrected chi connectivity index (χ1v) is 33.0. The number of amides is 1. The van der Waals surface area contributed by atoms with Gasteiger partial charge in [0.25, 0.3) is 0 Å². The standard InChI is InChI=1S/C69H129NO3/c1-3-5-7-9-11-13-15-17-19-21-23-25-27-29-31-33-34-35-36-37-39-41-43-45-47-49-51-53-55-57-59-61-63-65-69(73)70-67(66-71)68(72)64-62-60-58-56-54-52-50-48-46-44-42-40-38-32-30-28-26-24-22-20-18-16-14-12-10-8-6-4-2/h15,17,21,23,27,29,54,56,62,64,67-68,71-72H,3-14,16,18-20,22,24-26,28,30-53,55,57-61,63,65-66H2,1-2H3,(H,70,73)/b17-15-,23-21-,29-27-,56-54+,64-62+. The molecule has 0 heterocycles. The summed E-state index contributed by atoms with van der Waals surface area (Å²) in [5.41, 5.74) is 0. The Hall–Kier alpha value is -1.91. The van der Waals surface area contributed by atoms with Gasteiger partial charge in [-0.3, -0.25) is 4.79 Å². The Bertz CT molecular complexity index is 1200. The monoisotopic (exact) mass is 1020 g/mol. The Morgan fingerprint density at radius 3 is 0.890 bits per heavy atom. The fraction of sp³-hybridized carbons (Fsp3) is 0.841. The summed E-state index contributed by atoms with van der Waals surface area (Å²) < 4.78 is 0. The van der Waals surface area contributed by atoms with Crippen LogP contribution in [0, 0.1) is 0 Å². The maximum Gasteiger partial charge on any atom is 0.220 e. The largest absolute Gasteiger partial charge is 0.394 e. The lowest BCUT2D eigenvalue weighted by molar-refractivity contribution is -0.123. The van der Waals surface area contributed by atoms with Gasteiger partial charge in [0, 0.05) is 6.42 Å². The van der Waals surface area contributed by atoms with E-state index in [1.165, 1.54) is 289 Å². The molecule has 0 fully saturated rings. The lowest BCUT2D eigenvalue weighted by Crippen LogP contribution is -2.45. The van der Waals surface area contributed by atoms with Crippen LogP contribution in [0.25, 0.3) is 0 Å². The molecule has 0 saturated carbocycles. The van der Waals surface area contributed by atoms with Gasteiger partial charge in [0.1, 0.15) is 0 Å². The molecule has 0 aromatic rings. The van der Waals surface area contributed by atoms with Gasteiger partial charge in [0.05, 0.1) is 18.8 Å². The van der Waals surface area contributed by atoms with E-state index in [1.807, 2.05) is 6.08 Å². The second-order valence-corrected chi connectivity index (χ2v) is 22.5. The summed E-state index contributed by atoms with van der Waals surface area (Å²) >= 11 is 0. The van der Waals surface area contributed by atoms with Gasteiger partial charge in [-0.25, -0.2) is 0 Å². The Morgan fingerprint density at radius 2 is 0.575 bits per heavy atom. The van der Waals surface area contributed by atoms with Gasteiger partial charge >= 0.3 is 0 Å². The minimum atomic E-state index is -0.865. The number of aliphatic hydroxyl groups excluding tert-OH is 2. The maximum atomic E-state index is 12.5. The highest BCUT2D eigenvalue weighted by atomic mass is 16.3. The Morgan fingerprint density at radius 1 is 0.329 bits per heavy atom. The molecule has 0 aliphatic carbocycles. The second kappa shape index (κ2) is 64.4. The van der Waals surface area contributed by atoms with Crippen LogP contribution < -0.4 is 5.32 Å². The minimum Gasteiger partial charge on any atom is -0.394 e. The van der Waals surface area contributed by atoms with Crippen molar-refractivity contribution in [2.24, 2.45) is 0 Å². The van der Waals surface area contributed by atoms with E-state index < -0.39 is 12.1 Å². The first kappa shape index (κ1) is 71.1. The molecule has 0 aromatic heterocycles. The number of aliphatic hydroxyl groups is 2. The van der Waals surface area contributed by atoms with Crippen LogP contribution >= 0.6 is 0 Å². The summed E-state index contributed by atoms with van der Waals surface area (Å²) in [5, 5.41) is 23.2. The number of hydrogen-bond acceptors (Lipinski definition) is 3. The quantitative estimate of drug-likeness (QED) is 0.0420. The highest BCUT2D eigenvalue weighted by molar-refractivity contribution is 5.76. The van der Waals surface area contributed by atoms with Crippen molar-refractivity contribution in [1.82, 2.24) is 5.32 Å². The van der Waals surface area contributed by atoms with E-state index in [0.717, 1.165) is 44.9 Å². The maximum absolute atomic E-state index is 12.5. The molecule has 0 aliphatic rings. The highest BCUT2D eigenvalue weighted by Gasteiger charge is 2.18. The fourth-order valence-corrected chi connectivity index (χ4v) is 10.2. The smallest absolute Gasteiger partial charge is 0.220 e. The van der Waals surface area contributed by atoms with Crippen molar-refractivity contribution in [2.75, 3.05) is 6.61 Å². The van der Waals surface area contributed by atoms with Crippen LogP contribution in [-0.2, 0) is 4.79 Å². The molecule has 0 aromatic carbocycles. The third kappa shape index (κ3) is 60.8. The Kier molecular flexibility index (Phi) is 62.7. The first-order chi connectivity index (χ1) is 36.2. The van der Waals surface area contributed by atoms with Crippen LogP contribution in [0.2, 0.25) is 0 Å². The van der Waals surface area contributed by atoms with E-state index in [0.29, 0.717) is 6.42 Å². The molecule has 2 atom stereocenters. The molecule has 2 unspecified atom stereocenters. The molecule has 4 nitrogen and oxygen atoms in total. The van der Waals surface area contributed by atoms with E-state index in [2.05, 4.69) is 67.8 Å². The van der Waals surface area contributed by atoms with Crippen molar-refractivity contribution in [3.63, 3.8) is 0 Å². The van der Waals surface area contributed by atoms with Crippen LogP contribution in [0.4, 0.5) is 0 Å². The van der Waals surface area contributed by atoms with Crippen molar-refractivity contribution in [3.8, 4) is 0 Å². The highest BCUT2D eigenvalue weighted by Crippen LogP contribution is 2.18. The molecule has 0 rings (SSSR count). The first-order valence-electron chi connectivity index (χ1n) is 33.0. The summed E-state index contributed by atoms with van der Waals surface area (Å²) in [7, 11) is 0. The second-order valence-electron chi connectivity index (χ2n) is 22.5. The van der Waals surface area contributed by atoms with E-state index >= 15 is 0 Å². The average Bonchev–Trinajstić information content (AvgIpc) is 3.40. The topological polar surface area (TPSA) is 69.6 Å². The third-order valence-electron chi connectivity index (χ3n) is 15.2. The number of unbranched alkanes of at least 4 members (excludes halogenated alkanes) is 46. The number of allylic oxidation sites excluding steroid dienone is 9. The minimum absolute atomic E-state index is 0.0690. The van der Waals surface area contributed by atoms with E-state index in [4.69, 9.17) is 0 Å². The molecule has 4 heteroatoms. The fourth-order valence-electron chi connectivity index (χ4n) is 10.2. The zero-order valence-electron chi connectivity index (χ0n) is 49.4. The lowest BCUT2D eigenvalue weighted by Gasteiger charge is -2.19. The zero-order valence-corrected chi connectivity index (χ0v) is 49.4. The number of carbonyl (C=O) groups excluding carboxylic acids is 1. The Labute approximate surface area is 457 Å². The molecular weight excluding hydrogens is 891 g/mol. The molecule has 0 saturated heterocycles. The van der Waals surface area contributed by atoms with E-state index in [9.17, 15) is 15.0 Å². The molecule has 1 amide bonds. The predicted octanol–water partition coefficient (Wildman–Crippen LogP) is 22.3. The molecule has 0 aliphatic heterocycles. The van der Waals surface area contributed by atoms with Crippen LogP contribution in [0.3, 0.4) is 0 Å². The van der Waals surface area contributed by atoms with Crippen molar-refractivity contribution in [1.29, 1.82) is 0 Å². The summed E-state index contributed by atoms with van der Waals surface area (Å²) in [4.78, 5) is 12.5. The third-order valence-corrected chi connectivity index (χ3v) is 15.2. The van der Waals surface area contributed by atoms with Gasteiger partial charge in [-0.15, -0.1) is 0 Å². The number of hydrogen-bond donors (Lipinski definition) is 3. The van der Waals surface area contributed by atoms with E-state index in [-0.39, 0.29) is 12.5 Å². The normalized spacial score (nSPS) is 13.1. The molecule has 428 valence electrons. The number of rotatable bonds is 61. The molecule has 73 heavy (non-hydrogen) atoms. The average molecular weight is 1020 g/mol. The molecule has 0 bridgehead atoms. The lowest BCUT2D eigenvalue weighted by atomic mass is 10.0. The van der Waals surface area contributed by atoms with Gasteiger partial charge in [0.15, 0.2) is 0 Å². The van der Waals surface area contributed by atoms with Crippen LogP contribution in [-0.4, -0.2) is 34.9 Å². The van der Waals surface area contributed by atoms with Gasteiger partial charge in [-0.2, -0.15) is 0 Å². The summed E-state index contributed by atoms with van der Waals surface area (Å²) in [6, 6.07) is -0.642. The summed E-state index contributed by atoms with van der Waals surface area (Å²) in [6.45, 7) is 4.32. The van der Waals surface area contributed by atoms with Gasteiger partial charge in [-0.05, 0) is 70.6 Å². The summed E-state index contributed by atoms with van der Waals surface area (Å²) in [5.74, 6) is -0.0690. The van der Waals surface area contributed by atoms with Crippen LogP contribution in [0.15, 0.2) is 60.8 Å². The SMILES string of the molecule is CCCCCCC/C=C\C/C=C\C/C=C\CCCCCCCCCCCCCCCCCCCCC(=O)NC(CO)C(O)/C=C/CC/C=C/CCCCCCCCCCCCCCCCCCCCCCCC. The van der Waals surface area contributed by atoms with E-state index in [1.54, 1.807) is 6.08 Å². The molecule has 0 spiro atoms. The van der Waals surface area contributed by atoms with Crippen molar-refractivity contribution in [3.05, 3.63) is 60.8 Å². The van der Waals surface area contributed by atoms with Crippen molar-refractivity contribution < 1.29 is 15.0 Å². The van der Waals surface area contributed by atoms with Crippen LogP contribution in [0.5, 0.6) is 0 Å². The Balaban J connectivity index is 3.48. The predicted molar refractivity (Wildman–Crippen MR) is 327 cm³/mol. The van der Waals surface area contributed by atoms with Crippen molar-refractivity contribution in [2.45, 2.75) is 366 Å². The molecule has 0 radical (unpaired) electrons. The van der Waals surface area contributed by atoms with Crippen molar-refractivity contribution >= 4 is 5.91 Å². The molecular formula is C69H129NO3. The molecule has 3 N–H and O–H groups in total. The van der Waals surface area contributed by atoms with Crippen LogP contribution in [0.1, 0.15) is 354 Å². The van der Waals surface area contributed by atoms with Gasteiger partial charge < -0.3 is 15.5 Å². The van der Waals surface area contributed by atoms with Gasteiger partial charge in [0.2, 0.25) is 5.91 Å². The number of nitrogens with one attached hydrogen (secondary N) is 1. The van der Waals surface area contributed by atoms with Gasteiger partial charge in [-0.1, -0.05) is 338 Å².